The minimum atomic E-state index is -0.224. The highest BCUT2D eigenvalue weighted by Crippen LogP contribution is 2.42. The second kappa shape index (κ2) is 12.8. The molecule has 1 aliphatic carbocycles. The summed E-state index contributed by atoms with van der Waals surface area (Å²) in [4.78, 5) is 30.8. The van der Waals surface area contributed by atoms with Crippen LogP contribution in [-0.4, -0.2) is 47.8 Å². The van der Waals surface area contributed by atoms with E-state index in [-0.39, 0.29) is 35.7 Å². The van der Waals surface area contributed by atoms with E-state index in [1.807, 2.05) is 47.4 Å². The van der Waals surface area contributed by atoms with Gasteiger partial charge in [-0.3, -0.25) is 9.59 Å². The van der Waals surface area contributed by atoms with Gasteiger partial charge in [0, 0.05) is 25.6 Å². The highest BCUT2D eigenvalue weighted by atomic mass is 35.5. The van der Waals surface area contributed by atoms with Gasteiger partial charge < -0.3 is 15.1 Å². The number of nitrogens with zero attached hydrogens (tertiary/aromatic N) is 3. The van der Waals surface area contributed by atoms with E-state index in [4.69, 9.17) is 5.26 Å². The topological polar surface area (TPSA) is 76.4 Å². The lowest BCUT2D eigenvalue weighted by Gasteiger charge is -2.38. The SMILES string of the molecule is Cl.N#Cc1ccc(CN2CCC3(CCN(CC[C@H](NC(=O)C4CCCC4)c4ccccc4)CC3)C2=O)cc1. The van der Waals surface area contributed by atoms with Gasteiger partial charge in [0.05, 0.1) is 23.1 Å². The summed E-state index contributed by atoms with van der Waals surface area (Å²) < 4.78 is 0. The second-order valence-electron chi connectivity index (χ2n) is 11.1. The molecule has 2 saturated heterocycles. The summed E-state index contributed by atoms with van der Waals surface area (Å²) in [6.07, 6.45) is 7.96. The van der Waals surface area contributed by atoms with Crippen LogP contribution in [-0.2, 0) is 16.1 Å². The van der Waals surface area contributed by atoms with Crippen LogP contribution in [0.5, 0.6) is 0 Å². The minimum absolute atomic E-state index is 0. The molecular weight excluding hydrogens is 496 g/mol. The zero-order valence-electron chi connectivity index (χ0n) is 22.1. The molecule has 38 heavy (non-hydrogen) atoms. The van der Waals surface area contributed by atoms with Crippen molar-refractivity contribution >= 4 is 24.2 Å². The molecule has 3 fully saturated rings. The van der Waals surface area contributed by atoms with E-state index in [2.05, 4.69) is 28.4 Å². The highest BCUT2D eigenvalue weighted by molar-refractivity contribution is 5.85. The number of benzene rings is 2. The van der Waals surface area contributed by atoms with Crippen LogP contribution in [0.15, 0.2) is 54.6 Å². The van der Waals surface area contributed by atoms with E-state index in [1.54, 1.807) is 0 Å². The molecule has 5 rings (SSSR count). The van der Waals surface area contributed by atoms with Gasteiger partial charge in [-0.1, -0.05) is 55.3 Å². The molecular formula is C31H39ClN4O2. The Morgan fingerprint density at radius 2 is 1.66 bits per heavy atom. The van der Waals surface area contributed by atoms with Gasteiger partial charge in [-0.05, 0) is 74.9 Å². The van der Waals surface area contributed by atoms with E-state index in [9.17, 15) is 9.59 Å². The van der Waals surface area contributed by atoms with Crippen LogP contribution in [0.4, 0.5) is 0 Å². The monoisotopic (exact) mass is 534 g/mol. The molecule has 0 radical (unpaired) electrons. The number of nitriles is 1. The highest BCUT2D eigenvalue weighted by Gasteiger charge is 2.47. The number of piperidine rings is 1. The number of halogens is 1. The Kier molecular flexibility index (Phi) is 9.46. The van der Waals surface area contributed by atoms with Crippen LogP contribution in [0, 0.1) is 22.7 Å². The average molecular weight is 535 g/mol. The first-order chi connectivity index (χ1) is 18.1. The van der Waals surface area contributed by atoms with Crippen LogP contribution >= 0.6 is 12.4 Å². The summed E-state index contributed by atoms with van der Waals surface area (Å²) in [6.45, 7) is 4.20. The number of rotatable bonds is 8. The van der Waals surface area contributed by atoms with Crippen molar-refractivity contribution in [1.82, 2.24) is 15.1 Å². The van der Waals surface area contributed by atoms with Gasteiger partial charge >= 0.3 is 0 Å². The number of nitrogens with one attached hydrogen (secondary N) is 1. The van der Waals surface area contributed by atoms with Crippen molar-refractivity contribution in [3.05, 3.63) is 71.3 Å². The number of likely N-dealkylation sites (tertiary alicyclic amines) is 2. The molecule has 202 valence electrons. The lowest BCUT2D eigenvalue weighted by molar-refractivity contribution is -0.139. The van der Waals surface area contributed by atoms with E-state index >= 15 is 0 Å². The van der Waals surface area contributed by atoms with E-state index in [0.29, 0.717) is 18.0 Å². The van der Waals surface area contributed by atoms with Gasteiger partial charge in [-0.2, -0.15) is 5.26 Å². The Bertz CT molecular complexity index is 1120. The first-order valence-electron chi connectivity index (χ1n) is 13.9. The van der Waals surface area contributed by atoms with Gasteiger partial charge in [0.2, 0.25) is 11.8 Å². The first kappa shape index (κ1) is 28.1. The zero-order chi connectivity index (χ0) is 25.7. The van der Waals surface area contributed by atoms with Crippen LogP contribution in [0.25, 0.3) is 0 Å². The standard InChI is InChI=1S/C31H38N4O2.ClH/c32-22-24-10-12-25(13-11-24)23-35-21-17-31(30(35)37)15-19-34(20-16-31)18-14-28(26-6-2-1-3-7-26)33-29(36)27-8-4-5-9-27;/h1-3,6-7,10-13,27-28H,4-5,8-9,14-21,23H2,(H,33,36);1H/t28-;/m0./s1. The van der Waals surface area contributed by atoms with E-state index in [0.717, 1.165) is 83.1 Å². The van der Waals surface area contributed by atoms with Crippen molar-refractivity contribution < 1.29 is 9.59 Å². The fraction of sp³-hybridized carbons (Fsp3) is 0.516. The number of hydrogen-bond acceptors (Lipinski definition) is 4. The molecule has 0 bridgehead atoms. The van der Waals surface area contributed by atoms with Gasteiger partial charge in [-0.25, -0.2) is 0 Å². The summed E-state index contributed by atoms with van der Waals surface area (Å²) in [5, 5.41) is 12.4. The maximum atomic E-state index is 13.4. The Morgan fingerprint density at radius 1 is 1.00 bits per heavy atom. The van der Waals surface area contributed by atoms with Gasteiger partial charge in [0.15, 0.2) is 0 Å². The Balaban J connectivity index is 0.00000336. The molecule has 1 atom stereocenters. The summed E-state index contributed by atoms with van der Waals surface area (Å²) >= 11 is 0. The predicted molar refractivity (Wildman–Crippen MR) is 150 cm³/mol. The molecule has 1 saturated carbocycles. The van der Waals surface area contributed by atoms with E-state index < -0.39 is 0 Å². The molecule has 7 heteroatoms. The summed E-state index contributed by atoms with van der Waals surface area (Å²) in [6, 6.07) is 20.1. The summed E-state index contributed by atoms with van der Waals surface area (Å²) in [5.74, 6) is 0.673. The van der Waals surface area contributed by atoms with Crippen molar-refractivity contribution in [2.24, 2.45) is 11.3 Å². The minimum Gasteiger partial charge on any atom is -0.349 e. The number of hydrogen-bond donors (Lipinski definition) is 1. The van der Waals surface area contributed by atoms with Crippen molar-refractivity contribution in [2.75, 3.05) is 26.2 Å². The zero-order valence-corrected chi connectivity index (χ0v) is 22.9. The smallest absolute Gasteiger partial charge is 0.229 e. The number of carbonyl (C=O) groups is 2. The lowest BCUT2D eigenvalue weighted by Crippen LogP contribution is -2.45. The van der Waals surface area contributed by atoms with Crippen LogP contribution in [0.1, 0.15) is 74.1 Å². The van der Waals surface area contributed by atoms with E-state index in [1.165, 1.54) is 5.56 Å². The predicted octanol–water partition coefficient (Wildman–Crippen LogP) is 5.23. The van der Waals surface area contributed by atoms with Crippen molar-refractivity contribution in [3.8, 4) is 6.07 Å². The molecule has 1 spiro atoms. The third-order valence-electron chi connectivity index (χ3n) is 8.85. The van der Waals surface area contributed by atoms with Crippen LogP contribution in [0.3, 0.4) is 0 Å². The maximum absolute atomic E-state index is 13.4. The third kappa shape index (κ3) is 6.39. The fourth-order valence-electron chi connectivity index (χ4n) is 6.41. The average Bonchev–Trinajstić information content (AvgIpc) is 3.58. The van der Waals surface area contributed by atoms with Gasteiger partial charge in [0.25, 0.3) is 0 Å². The lowest BCUT2D eigenvalue weighted by atomic mass is 9.77. The van der Waals surface area contributed by atoms with Crippen LogP contribution in [0.2, 0.25) is 0 Å². The Hall–Kier alpha value is -2.88. The third-order valence-corrected chi connectivity index (χ3v) is 8.85. The number of amides is 2. The maximum Gasteiger partial charge on any atom is 0.229 e. The number of carbonyl (C=O) groups excluding carboxylic acids is 2. The summed E-state index contributed by atoms with van der Waals surface area (Å²) in [5.41, 5.74) is 2.67. The Labute approximate surface area is 232 Å². The molecule has 3 aliphatic rings. The van der Waals surface area contributed by atoms with Crippen molar-refractivity contribution in [2.45, 2.75) is 64.0 Å². The normalized spacial score (nSPS) is 20.2. The molecule has 2 aromatic rings. The fourth-order valence-corrected chi connectivity index (χ4v) is 6.41. The summed E-state index contributed by atoms with van der Waals surface area (Å²) in [7, 11) is 0. The first-order valence-corrected chi connectivity index (χ1v) is 13.9. The molecule has 0 unspecified atom stereocenters. The molecule has 2 heterocycles. The molecule has 2 amide bonds. The van der Waals surface area contributed by atoms with Crippen molar-refractivity contribution in [3.63, 3.8) is 0 Å². The molecule has 2 aliphatic heterocycles. The largest absolute Gasteiger partial charge is 0.349 e. The molecule has 0 aromatic heterocycles. The molecule has 6 nitrogen and oxygen atoms in total. The van der Waals surface area contributed by atoms with Crippen LogP contribution < -0.4 is 5.32 Å². The van der Waals surface area contributed by atoms with Crippen molar-refractivity contribution in [1.29, 1.82) is 5.26 Å². The molecule has 2 aromatic carbocycles. The second-order valence-corrected chi connectivity index (χ2v) is 11.1. The van der Waals surface area contributed by atoms with Gasteiger partial charge in [0.1, 0.15) is 0 Å². The van der Waals surface area contributed by atoms with Gasteiger partial charge in [-0.15, -0.1) is 12.4 Å². The Morgan fingerprint density at radius 3 is 2.32 bits per heavy atom. The quantitative estimate of drug-likeness (QED) is 0.503. The molecule has 1 N–H and O–H groups in total.